The maximum Gasteiger partial charge on any atom is 0.222 e. The van der Waals surface area contributed by atoms with Gasteiger partial charge in [0.1, 0.15) is 0 Å². The first kappa shape index (κ1) is 5.27. The molecular formula is C7H11NO. The third kappa shape index (κ3) is 0.732. The van der Waals surface area contributed by atoms with E-state index in [2.05, 4.69) is 0 Å². The Labute approximate surface area is 54.8 Å². The van der Waals surface area contributed by atoms with Crippen molar-refractivity contribution in [3.05, 3.63) is 0 Å². The van der Waals surface area contributed by atoms with E-state index < -0.39 is 0 Å². The van der Waals surface area contributed by atoms with Crippen molar-refractivity contribution in [3.63, 3.8) is 0 Å². The Morgan fingerprint density at radius 2 is 2.33 bits per heavy atom. The van der Waals surface area contributed by atoms with E-state index in [0.717, 1.165) is 31.8 Å². The molecule has 0 unspecified atom stereocenters. The van der Waals surface area contributed by atoms with Crippen LogP contribution in [0.1, 0.15) is 19.3 Å². The van der Waals surface area contributed by atoms with Crippen molar-refractivity contribution in [2.75, 3.05) is 13.1 Å². The summed E-state index contributed by atoms with van der Waals surface area (Å²) in [7, 11) is 0. The Morgan fingerprint density at radius 3 is 3.11 bits per heavy atom. The summed E-state index contributed by atoms with van der Waals surface area (Å²) in [5.41, 5.74) is 0. The number of hydrogen-bond acceptors (Lipinski definition) is 1. The van der Waals surface area contributed by atoms with Crippen LogP contribution in [0.25, 0.3) is 0 Å². The van der Waals surface area contributed by atoms with Gasteiger partial charge >= 0.3 is 0 Å². The number of rotatable bonds is 0. The molecule has 50 valence electrons. The van der Waals surface area contributed by atoms with Crippen LogP contribution in [0, 0.1) is 5.92 Å². The summed E-state index contributed by atoms with van der Waals surface area (Å²) in [6, 6.07) is 0. The number of carbonyl (C=O) groups is 1. The van der Waals surface area contributed by atoms with Crippen molar-refractivity contribution in [1.82, 2.24) is 4.90 Å². The highest BCUT2D eigenvalue weighted by molar-refractivity contribution is 5.77. The van der Waals surface area contributed by atoms with Crippen molar-refractivity contribution >= 4 is 5.91 Å². The molecule has 0 N–H and O–H groups in total. The molecule has 2 aliphatic heterocycles. The minimum atomic E-state index is 0.378. The fourth-order valence-electron chi connectivity index (χ4n) is 1.78. The fourth-order valence-corrected chi connectivity index (χ4v) is 1.78. The Balaban J connectivity index is 2.14. The lowest BCUT2D eigenvalue weighted by molar-refractivity contribution is -0.131. The molecule has 2 rings (SSSR count). The summed E-state index contributed by atoms with van der Waals surface area (Å²) in [4.78, 5) is 13.0. The van der Waals surface area contributed by atoms with Crippen molar-refractivity contribution in [3.8, 4) is 0 Å². The largest absolute Gasteiger partial charge is 0.342 e. The molecular weight excluding hydrogens is 114 g/mol. The van der Waals surface area contributed by atoms with Gasteiger partial charge in [0.05, 0.1) is 0 Å². The van der Waals surface area contributed by atoms with Gasteiger partial charge in [-0.25, -0.2) is 0 Å². The smallest absolute Gasteiger partial charge is 0.222 e. The van der Waals surface area contributed by atoms with E-state index in [4.69, 9.17) is 0 Å². The Bertz CT molecular complexity index is 144. The van der Waals surface area contributed by atoms with Crippen LogP contribution in [0.2, 0.25) is 0 Å². The number of fused-ring (bicyclic) bond motifs is 2. The van der Waals surface area contributed by atoms with E-state index in [0.29, 0.717) is 5.91 Å². The SMILES string of the molecule is O=C1CC[C@@H]2CCN1C2. The molecule has 2 bridgehead atoms. The molecule has 1 amide bonds. The van der Waals surface area contributed by atoms with Gasteiger partial charge in [0.25, 0.3) is 0 Å². The van der Waals surface area contributed by atoms with Crippen molar-refractivity contribution in [2.24, 2.45) is 5.92 Å². The minimum absolute atomic E-state index is 0.378. The zero-order valence-corrected chi connectivity index (χ0v) is 5.47. The van der Waals surface area contributed by atoms with Crippen LogP contribution in [0.15, 0.2) is 0 Å². The van der Waals surface area contributed by atoms with Crippen LogP contribution in [0.3, 0.4) is 0 Å². The predicted octanol–water partition coefficient (Wildman–Crippen LogP) is 0.629. The second kappa shape index (κ2) is 1.72. The molecule has 0 aromatic rings. The third-order valence-electron chi connectivity index (χ3n) is 2.41. The molecule has 0 radical (unpaired) electrons. The first-order valence-electron chi connectivity index (χ1n) is 3.64. The van der Waals surface area contributed by atoms with Gasteiger partial charge in [-0.15, -0.1) is 0 Å². The van der Waals surface area contributed by atoms with Gasteiger partial charge in [0.2, 0.25) is 5.91 Å². The van der Waals surface area contributed by atoms with Crippen LogP contribution in [-0.4, -0.2) is 23.9 Å². The molecule has 2 nitrogen and oxygen atoms in total. The highest BCUT2D eigenvalue weighted by Gasteiger charge is 2.30. The highest BCUT2D eigenvalue weighted by atomic mass is 16.2. The highest BCUT2D eigenvalue weighted by Crippen LogP contribution is 2.26. The summed E-state index contributed by atoms with van der Waals surface area (Å²) in [5, 5.41) is 0. The van der Waals surface area contributed by atoms with Gasteiger partial charge < -0.3 is 4.90 Å². The number of carbonyl (C=O) groups excluding carboxylic acids is 1. The van der Waals surface area contributed by atoms with Gasteiger partial charge in [-0.2, -0.15) is 0 Å². The minimum Gasteiger partial charge on any atom is -0.342 e. The van der Waals surface area contributed by atoms with Gasteiger partial charge in [0, 0.05) is 19.5 Å². The van der Waals surface area contributed by atoms with Crippen LogP contribution in [-0.2, 0) is 4.79 Å². The number of amides is 1. The van der Waals surface area contributed by atoms with E-state index in [1.54, 1.807) is 0 Å². The summed E-state index contributed by atoms with van der Waals surface area (Å²) < 4.78 is 0. The average molecular weight is 125 g/mol. The molecule has 2 heterocycles. The Kier molecular flexibility index (Phi) is 1.01. The molecule has 9 heavy (non-hydrogen) atoms. The van der Waals surface area contributed by atoms with Crippen molar-refractivity contribution in [1.29, 1.82) is 0 Å². The van der Waals surface area contributed by atoms with Gasteiger partial charge in [-0.05, 0) is 18.8 Å². The number of hydrogen-bond donors (Lipinski definition) is 0. The zero-order valence-electron chi connectivity index (χ0n) is 5.47. The van der Waals surface area contributed by atoms with Crippen LogP contribution in [0.4, 0.5) is 0 Å². The molecule has 2 fully saturated rings. The monoisotopic (exact) mass is 125 g/mol. The van der Waals surface area contributed by atoms with E-state index in [1.807, 2.05) is 4.90 Å². The van der Waals surface area contributed by atoms with Crippen molar-refractivity contribution in [2.45, 2.75) is 19.3 Å². The first-order chi connectivity index (χ1) is 4.36. The molecule has 0 aromatic heterocycles. The molecule has 2 heteroatoms. The molecule has 0 spiro atoms. The lowest BCUT2D eigenvalue weighted by Crippen LogP contribution is -2.31. The fraction of sp³-hybridized carbons (Fsp3) is 0.857. The number of nitrogens with zero attached hydrogens (tertiary/aromatic N) is 1. The quantitative estimate of drug-likeness (QED) is 0.465. The van der Waals surface area contributed by atoms with Gasteiger partial charge in [-0.3, -0.25) is 4.79 Å². The average Bonchev–Trinajstić information content (AvgIpc) is 2.25. The molecule has 2 aliphatic rings. The van der Waals surface area contributed by atoms with Crippen LogP contribution in [0.5, 0.6) is 0 Å². The van der Waals surface area contributed by atoms with Crippen molar-refractivity contribution < 1.29 is 4.79 Å². The van der Waals surface area contributed by atoms with Gasteiger partial charge in [-0.1, -0.05) is 0 Å². The van der Waals surface area contributed by atoms with E-state index in [1.165, 1.54) is 6.42 Å². The summed E-state index contributed by atoms with van der Waals surface area (Å²) in [6.45, 7) is 2.09. The van der Waals surface area contributed by atoms with Crippen LogP contribution >= 0.6 is 0 Å². The standard InChI is InChI=1S/C7H11NO/c9-7-2-1-6-3-4-8(7)5-6/h6H,1-5H2/t6-/m1/s1. The first-order valence-corrected chi connectivity index (χ1v) is 3.64. The Hall–Kier alpha value is -0.530. The maximum absolute atomic E-state index is 11.0. The molecule has 0 aromatic carbocycles. The van der Waals surface area contributed by atoms with E-state index in [9.17, 15) is 4.79 Å². The zero-order chi connectivity index (χ0) is 6.27. The topological polar surface area (TPSA) is 20.3 Å². The summed E-state index contributed by atoms with van der Waals surface area (Å²) >= 11 is 0. The summed E-state index contributed by atoms with van der Waals surface area (Å²) in [5.74, 6) is 1.23. The summed E-state index contributed by atoms with van der Waals surface area (Å²) in [6.07, 6.45) is 3.21. The number of piperidine rings is 1. The normalized spacial score (nSPS) is 33.6. The maximum atomic E-state index is 11.0. The lowest BCUT2D eigenvalue weighted by atomic mass is 10.0. The second-order valence-electron chi connectivity index (χ2n) is 3.03. The Morgan fingerprint density at radius 1 is 1.44 bits per heavy atom. The van der Waals surface area contributed by atoms with Crippen LogP contribution < -0.4 is 0 Å². The molecule has 0 saturated carbocycles. The van der Waals surface area contributed by atoms with Gasteiger partial charge in [0.15, 0.2) is 0 Å². The molecule has 1 atom stereocenters. The third-order valence-corrected chi connectivity index (χ3v) is 2.41. The predicted molar refractivity (Wildman–Crippen MR) is 33.9 cm³/mol. The van der Waals surface area contributed by atoms with E-state index in [-0.39, 0.29) is 0 Å². The van der Waals surface area contributed by atoms with E-state index >= 15 is 0 Å². The molecule has 2 saturated heterocycles. The molecule has 0 aliphatic carbocycles. The second-order valence-corrected chi connectivity index (χ2v) is 3.03. The lowest BCUT2D eigenvalue weighted by Gasteiger charge is -2.21.